The molecular formula is C20H16F3N3O2. The molecule has 5 nitrogen and oxygen atoms in total. The molecule has 0 unspecified atom stereocenters. The van der Waals surface area contributed by atoms with Gasteiger partial charge in [-0.1, -0.05) is 6.07 Å². The molecule has 2 heterocycles. The minimum absolute atomic E-state index is 0.123. The van der Waals surface area contributed by atoms with Gasteiger partial charge < -0.3 is 9.88 Å². The van der Waals surface area contributed by atoms with Gasteiger partial charge in [0.05, 0.1) is 11.3 Å². The Morgan fingerprint density at radius 2 is 1.75 bits per heavy atom. The van der Waals surface area contributed by atoms with Crippen molar-refractivity contribution < 1.29 is 18.0 Å². The number of carbonyl (C=O) groups is 1. The van der Waals surface area contributed by atoms with Crippen molar-refractivity contribution in [3.8, 4) is 11.3 Å². The fraction of sp³-hybridized carbons (Fsp3) is 0.150. The molecule has 2 aromatic heterocycles. The molecule has 0 atom stereocenters. The maximum atomic E-state index is 12.6. The van der Waals surface area contributed by atoms with Crippen LogP contribution in [0.1, 0.15) is 21.6 Å². The monoisotopic (exact) mass is 387 g/mol. The van der Waals surface area contributed by atoms with Gasteiger partial charge in [0.15, 0.2) is 0 Å². The summed E-state index contributed by atoms with van der Waals surface area (Å²) in [5, 5.41) is 2.54. The maximum absolute atomic E-state index is 12.6. The Morgan fingerprint density at radius 1 is 1.07 bits per heavy atom. The molecule has 0 aliphatic heterocycles. The lowest BCUT2D eigenvalue weighted by Gasteiger charge is -2.11. The zero-order valence-corrected chi connectivity index (χ0v) is 15.0. The molecule has 0 radical (unpaired) electrons. The van der Waals surface area contributed by atoms with E-state index in [0.29, 0.717) is 16.8 Å². The van der Waals surface area contributed by atoms with E-state index in [-0.39, 0.29) is 16.9 Å². The molecule has 0 aliphatic rings. The average Bonchev–Trinajstić information content (AvgIpc) is 2.64. The van der Waals surface area contributed by atoms with E-state index in [1.54, 1.807) is 38.4 Å². The van der Waals surface area contributed by atoms with Gasteiger partial charge in [-0.2, -0.15) is 13.2 Å². The molecule has 0 aliphatic carbocycles. The third-order valence-electron chi connectivity index (χ3n) is 4.18. The molecule has 1 amide bonds. The van der Waals surface area contributed by atoms with E-state index < -0.39 is 17.6 Å². The van der Waals surface area contributed by atoms with Crippen molar-refractivity contribution in [3.63, 3.8) is 0 Å². The summed E-state index contributed by atoms with van der Waals surface area (Å²) >= 11 is 0. The number of nitrogens with one attached hydrogen (secondary N) is 1. The van der Waals surface area contributed by atoms with Crippen LogP contribution in [-0.4, -0.2) is 15.5 Å². The number of nitrogens with zero attached hydrogens (tertiary/aromatic N) is 2. The van der Waals surface area contributed by atoms with E-state index in [0.717, 1.165) is 12.1 Å². The first-order valence-electron chi connectivity index (χ1n) is 8.28. The minimum atomic E-state index is -4.44. The third-order valence-corrected chi connectivity index (χ3v) is 4.18. The lowest BCUT2D eigenvalue weighted by molar-refractivity contribution is -0.137. The SMILES string of the molecule is Cc1ccc(-c2ccn(C)c(=O)c2)nc1C(=O)Nc1ccc(C(F)(F)F)cc1. The molecule has 0 bridgehead atoms. The van der Waals surface area contributed by atoms with Crippen LogP contribution in [0.3, 0.4) is 0 Å². The highest BCUT2D eigenvalue weighted by atomic mass is 19.4. The maximum Gasteiger partial charge on any atom is 0.416 e. The zero-order valence-electron chi connectivity index (χ0n) is 15.0. The molecule has 3 aromatic rings. The number of alkyl halides is 3. The summed E-state index contributed by atoms with van der Waals surface area (Å²) in [5.41, 5.74) is 0.934. The predicted octanol–water partition coefficient (Wildman–Crippen LogP) is 4.03. The molecule has 144 valence electrons. The third kappa shape index (κ3) is 4.11. The Kier molecular flexibility index (Phi) is 5.04. The number of aryl methyl sites for hydroxylation is 2. The van der Waals surface area contributed by atoms with Gasteiger partial charge >= 0.3 is 6.18 Å². The Labute approximate surface area is 158 Å². The van der Waals surface area contributed by atoms with Crippen LogP contribution in [0.4, 0.5) is 18.9 Å². The number of hydrogen-bond acceptors (Lipinski definition) is 3. The second kappa shape index (κ2) is 7.30. The summed E-state index contributed by atoms with van der Waals surface area (Å²) < 4.78 is 39.3. The van der Waals surface area contributed by atoms with E-state index in [1.807, 2.05) is 0 Å². The molecule has 8 heteroatoms. The van der Waals surface area contributed by atoms with Crippen LogP contribution >= 0.6 is 0 Å². The van der Waals surface area contributed by atoms with Gasteiger partial charge in [0.2, 0.25) is 0 Å². The van der Waals surface area contributed by atoms with Crippen molar-refractivity contribution in [3.05, 3.63) is 81.9 Å². The van der Waals surface area contributed by atoms with Gasteiger partial charge in [-0.15, -0.1) is 0 Å². The molecule has 28 heavy (non-hydrogen) atoms. The van der Waals surface area contributed by atoms with Crippen molar-refractivity contribution in [2.75, 3.05) is 5.32 Å². The van der Waals surface area contributed by atoms with E-state index in [2.05, 4.69) is 10.3 Å². The van der Waals surface area contributed by atoms with Gasteiger partial charge in [-0.25, -0.2) is 4.98 Å². The number of benzene rings is 1. The smallest absolute Gasteiger partial charge is 0.321 e. The van der Waals surface area contributed by atoms with Crippen molar-refractivity contribution in [1.82, 2.24) is 9.55 Å². The molecule has 1 N–H and O–H groups in total. The van der Waals surface area contributed by atoms with Crippen LogP contribution in [0.5, 0.6) is 0 Å². The Balaban J connectivity index is 1.87. The van der Waals surface area contributed by atoms with Gasteiger partial charge in [0, 0.05) is 30.6 Å². The molecule has 0 spiro atoms. The van der Waals surface area contributed by atoms with Gasteiger partial charge in [-0.3, -0.25) is 9.59 Å². The van der Waals surface area contributed by atoms with Crippen LogP contribution in [0, 0.1) is 6.92 Å². The van der Waals surface area contributed by atoms with Gasteiger partial charge in [0.1, 0.15) is 5.69 Å². The van der Waals surface area contributed by atoms with E-state index in [1.165, 1.54) is 22.8 Å². The number of hydrogen-bond donors (Lipinski definition) is 1. The summed E-state index contributed by atoms with van der Waals surface area (Å²) in [5.74, 6) is -0.553. The molecule has 0 fully saturated rings. The van der Waals surface area contributed by atoms with E-state index >= 15 is 0 Å². The fourth-order valence-corrected chi connectivity index (χ4v) is 2.56. The Bertz CT molecular complexity index is 1090. The normalized spacial score (nSPS) is 11.3. The molecule has 1 aromatic carbocycles. The second-order valence-electron chi connectivity index (χ2n) is 6.26. The second-order valence-corrected chi connectivity index (χ2v) is 6.26. The van der Waals surface area contributed by atoms with Crippen molar-refractivity contribution in [2.45, 2.75) is 13.1 Å². The van der Waals surface area contributed by atoms with E-state index in [9.17, 15) is 22.8 Å². The standard InChI is InChI=1S/C20H16F3N3O2/c1-12-3-8-16(13-9-10-26(2)17(27)11-13)25-18(12)19(28)24-15-6-4-14(5-7-15)20(21,22)23/h3-11H,1-2H3,(H,24,28). The lowest BCUT2D eigenvalue weighted by atomic mass is 10.1. The topological polar surface area (TPSA) is 64.0 Å². The predicted molar refractivity (Wildman–Crippen MR) is 99.0 cm³/mol. The largest absolute Gasteiger partial charge is 0.416 e. The first kappa shape index (κ1) is 19.3. The van der Waals surface area contributed by atoms with Crippen molar-refractivity contribution in [2.24, 2.45) is 7.05 Å². The van der Waals surface area contributed by atoms with Crippen LogP contribution < -0.4 is 10.9 Å². The number of rotatable bonds is 3. The Hall–Kier alpha value is -3.42. The Morgan fingerprint density at radius 3 is 2.36 bits per heavy atom. The quantitative estimate of drug-likeness (QED) is 0.738. The van der Waals surface area contributed by atoms with Crippen LogP contribution in [-0.2, 0) is 13.2 Å². The number of anilines is 1. The zero-order chi connectivity index (χ0) is 20.5. The molecule has 0 saturated heterocycles. The molecule has 0 saturated carbocycles. The van der Waals surface area contributed by atoms with Crippen LogP contribution in [0.15, 0.2) is 59.5 Å². The number of halogens is 3. The summed E-state index contributed by atoms with van der Waals surface area (Å²) in [4.78, 5) is 28.7. The lowest BCUT2D eigenvalue weighted by Crippen LogP contribution is -2.17. The highest BCUT2D eigenvalue weighted by molar-refractivity contribution is 6.04. The first-order valence-corrected chi connectivity index (χ1v) is 8.28. The van der Waals surface area contributed by atoms with E-state index in [4.69, 9.17) is 0 Å². The minimum Gasteiger partial charge on any atom is -0.321 e. The summed E-state index contributed by atoms with van der Waals surface area (Å²) in [6.45, 7) is 1.70. The van der Waals surface area contributed by atoms with Crippen molar-refractivity contribution in [1.29, 1.82) is 0 Å². The highest BCUT2D eigenvalue weighted by Crippen LogP contribution is 2.30. The van der Waals surface area contributed by atoms with Crippen molar-refractivity contribution >= 4 is 11.6 Å². The van der Waals surface area contributed by atoms with Crippen LogP contribution in [0.2, 0.25) is 0 Å². The first-order chi connectivity index (χ1) is 13.1. The highest BCUT2D eigenvalue weighted by Gasteiger charge is 2.30. The number of carbonyl (C=O) groups excluding carboxylic acids is 1. The van der Waals surface area contributed by atoms with Gasteiger partial charge in [0.25, 0.3) is 11.5 Å². The van der Waals surface area contributed by atoms with Gasteiger partial charge in [-0.05, 0) is 48.9 Å². The number of aromatic nitrogens is 2. The fourth-order valence-electron chi connectivity index (χ4n) is 2.56. The summed E-state index contributed by atoms with van der Waals surface area (Å²) in [6.07, 6.45) is -2.84. The average molecular weight is 387 g/mol. The number of amides is 1. The molecular weight excluding hydrogens is 371 g/mol. The summed E-state index contributed by atoms with van der Waals surface area (Å²) in [7, 11) is 1.62. The molecule has 3 rings (SSSR count). The summed E-state index contributed by atoms with van der Waals surface area (Å²) in [6, 6.07) is 10.7. The van der Waals surface area contributed by atoms with Crippen LogP contribution in [0.25, 0.3) is 11.3 Å². The number of pyridine rings is 2.